The normalized spacial score (nSPS) is 10.7. The molecule has 0 spiro atoms. The summed E-state index contributed by atoms with van der Waals surface area (Å²) < 4.78 is 2.64. The molecule has 1 aromatic heterocycles. The van der Waals surface area contributed by atoms with Gasteiger partial charge in [-0.1, -0.05) is 23.7 Å². The third kappa shape index (κ3) is 2.65. The molecule has 0 atom stereocenters. The molecule has 0 aliphatic carbocycles. The van der Waals surface area contributed by atoms with Crippen molar-refractivity contribution in [2.24, 2.45) is 0 Å². The quantitative estimate of drug-likeness (QED) is 0.804. The Kier molecular flexibility index (Phi) is 3.88. The summed E-state index contributed by atoms with van der Waals surface area (Å²) in [5, 5.41) is 4.88. The number of nitrogens with zero attached hydrogens (tertiary/aromatic N) is 2. The van der Waals surface area contributed by atoms with E-state index in [0.717, 1.165) is 15.9 Å². The first-order valence-electron chi connectivity index (χ1n) is 5.47. The van der Waals surface area contributed by atoms with E-state index < -0.39 is 0 Å². The monoisotopic (exact) mass is 326 g/mol. The fourth-order valence-corrected chi connectivity index (χ4v) is 2.19. The van der Waals surface area contributed by atoms with Crippen molar-refractivity contribution in [3.63, 3.8) is 0 Å². The first kappa shape index (κ1) is 13.3. The third-order valence-electron chi connectivity index (χ3n) is 2.73. The van der Waals surface area contributed by atoms with Gasteiger partial charge in [-0.15, -0.1) is 0 Å². The van der Waals surface area contributed by atoms with Crippen LogP contribution in [0.3, 0.4) is 0 Å². The van der Waals surface area contributed by atoms with Gasteiger partial charge in [0.2, 0.25) is 0 Å². The number of halogens is 2. The van der Waals surface area contributed by atoms with Crippen LogP contribution in [-0.2, 0) is 6.54 Å². The number of Topliss-reactive ketones (excluding diaryl/α,β-unsaturated/α-hetero) is 1. The highest BCUT2D eigenvalue weighted by Crippen LogP contribution is 2.20. The predicted molar refractivity (Wildman–Crippen MR) is 75.2 cm³/mol. The second-order valence-electron chi connectivity index (χ2n) is 4.08. The summed E-state index contributed by atoms with van der Waals surface area (Å²) in [6.07, 6.45) is 0. The van der Waals surface area contributed by atoms with Crippen LogP contribution in [0.15, 0.2) is 28.7 Å². The molecule has 18 heavy (non-hydrogen) atoms. The molecule has 3 nitrogen and oxygen atoms in total. The Morgan fingerprint density at radius 1 is 1.44 bits per heavy atom. The summed E-state index contributed by atoms with van der Waals surface area (Å²) in [5.74, 6) is -0.00407. The van der Waals surface area contributed by atoms with Crippen LogP contribution < -0.4 is 0 Å². The Morgan fingerprint density at radius 3 is 2.72 bits per heavy atom. The fourth-order valence-electron chi connectivity index (χ4n) is 1.72. The maximum absolute atomic E-state index is 12.1. The molecule has 0 amide bonds. The topological polar surface area (TPSA) is 34.9 Å². The van der Waals surface area contributed by atoms with Crippen LogP contribution in [-0.4, -0.2) is 15.6 Å². The minimum absolute atomic E-state index is 0.00407. The van der Waals surface area contributed by atoms with E-state index in [-0.39, 0.29) is 12.3 Å². The van der Waals surface area contributed by atoms with Gasteiger partial charge in [0.1, 0.15) is 6.54 Å². The third-order valence-corrected chi connectivity index (χ3v) is 4.12. The van der Waals surface area contributed by atoms with Crippen LogP contribution in [0.5, 0.6) is 0 Å². The SMILES string of the molecule is Cc1nn(CC(=O)c2cccc(Cl)c2)c(C)c1Br. The molecule has 2 aromatic rings. The molecule has 0 fully saturated rings. The van der Waals surface area contributed by atoms with Crippen LogP contribution in [0.1, 0.15) is 21.7 Å². The first-order valence-corrected chi connectivity index (χ1v) is 6.64. The molecule has 2 rings (SSSR count). The average molecular weight is 328 g/mol. The Balaban J connectivity index is 2.24. The number of carbonyl (C=O) groups is 1. The second kappa shape index (κ2) is 5.24. The van der Waals surface area contributed by atoms with E-state index in [1.165, 1.54) is 0 Å². The number of aromatic nitrogens is 2. The van der Waals surface area contributed by atoms with Crippen LogP contribution in [0.4, 0.5) is 0 Å². The largest absolute Gasteiger partial charge is 0.292 e. The molecule has 0 unspecified atom stereocenters. The summed E-state index contributed by atoms with van der Waals surface area (Å²) in [4.78, 5) is 12.1. The molecule has 5 heteroatoms. The van der Waals surface area contributed by atoms with Crippen molar-refractivity contribution in [1.29, 1.82) is 0 Å². The maximum atomic E-state index is 12.1. The number of benzene rings is 1. The lowest BCUT2D eigenvalue weighted by Gasteiger charge is -2.04. The molecular formula is C13H12BrClN2O. The van der Waals surface area contributed by atoms with Crippen LogP contribution >= 0.6 is 27.5 Å². The van der Waals surface area contributed by atoms with Gasteiger partial charge in [-0.05, 0) is 41.9 Å². The van der Waals surface area contributed by atoms with Gasteiger partial charge in [-0.3, -0.25) is 9.48 Å². The van der Waals surface area contributed by atoms with Gasteiger partial charge in [0, 0.05) is 10.6 Å². The summed E-state index contributed by atoms with van der Waals surface area (Å²) >= 11 is 9.31. The minimum atomic E-state index is -0.00407. The molecule has 0 aliphatic heterocycles. The number of aryl methyl sites for hydroxylation is 1. The molecule has 0 saturated carbocycles. The number of ketones is 1. The van der Waals surface area contributed by atoms with Crippen molar-refractivity contribution in [2.45, 2.75) is 20.4 Å². The molecule has 0 radical (unpaired) electrons. The highest BCUT2D eigenvalue weighted by molar-refractivity contribution is 9.10. The minimum Gasteiger partial charge on any atom is -0.292 e. The fraction of sp³-hybridized carbons (Fsp3) is 0.231. The van der Waals surface area contributed by atoms with Gasteiger partial charge < -0.3 is 0 Å². The van der Waals surface area contributed by atoms with Gasteiger partial charge in [-0.2, -0.15) is 5.10 Å². The van der Waals surface area contributed by atoms with E-state index in [9.17, 15) is 4.79 Å². The zero-order valence-corrected chi connectivity index (χ0v) is 12.4. The van der Waals surface area contributed by atoms with E-state index >= 15 is 0 Å². The Labute approximate surface area is 119 Å². The van der Waals surface area contributed by atoms with E-state index in [2.05, 4.69) is 21.0 Å². The maximum Gasteiger partial charge on any atom is 0.184 e. The molecule has 1 heterocycles. The van der Waals surface area contributed by atoms with Gasteiger partial charge in [0.15, 0.2) is 5.78 Å². The highest BCUT2D eigenvalue weighted by Gasteiger charge is 2.13. The van der Waals surface area contributed by atoms with Crippen molar-refractivity contribution in [1.82, 2.24) is 9.78 Å². The number of hydrogen-bond donors (Lipinski definition) is 0. The first-order chi connectivity index (χ1) is 8.49. The van der Waals surface area contributed by atoms with Crippen molar-refractivity contribution >= 4 is 33.3 Å². The van der Waals surface area contributed by atoms with E-state index in [0.29, 0.717) is 10.6 Å². The Morgan fingerprint density at radius 2 is 2.17 bits per heavy atom. The zero-order chi connectivity index (χ0) is 13.3. The molecule has 0 N–H and O–H groups in total. The molecule has 94 valence electrons. The highest BCUT2D eigenvalue weighted by atomic mass is 79.9. The number of rotatable bonds is 3. The molecule has 0 bridgehead atoms. The van der Waals surface area contributed by atoms with Gasteiger partial charge in [0.25, 0.3) is 0 Å². The van der Waals surface area contributed by atoms with Crippen molar-refractivity contribution < 1.29 is 4.79 Å². The van der Waals surface area contributed by atoms with E-state index in [1.807, 2.05) is 13.8 Å². The van der Waals surface area contributed by atoms with Crippen molar-refractivity contribution in [3.05, 3.63) is 50.7 Å². The lowest BCUT2D eigenvalue weighted by atomic mass is 10.1. The molecule has 0 aliphatic rings. The van der Waals surface area contributed by atoms with Crippen molar-refractivity contribution in [3.8, 4) is 0 Å². The summed E-state index contributed by atoms with van der Waals surface area (Å²) in [6, 6.07) is 6.95. The smallest absolute Gasteiger partial charge is 0.184 e. The lowest BCUT2D eigenvalue weighted by molar-refractivity contribution is 0.0966. The van der Waals surface area contributed by atoms with Gasteiger partial charge >= 0.3 is 0 Å². The molecular weight excluding hydrogens is 316 g/mol. The van der Waals surface area contributed by atoms with Gasteiger partial charge in [-0.25, -0.2) is 0 Å². The molecule has 1 aromatic carbocycles. The second-order valence-corrected chi connectivity index (χ2v) is 5.31. The Hall–Kier alpha value is -1.13. The molecule has 0 saturated heterocycles. The standard InChI is InChI=1S/C13H12BrClN2O/c1-8-13(14)9(2)17(16-8)7-12(18)10-4-3-5-11(15)6-10/h3-6H,7H2,1-2H3. The Bertz CT molecular complexity index is 607. The van der Waals surface area contributed by atoms with E-state index in [1.54, 1.807) is 28.9 Å². The van der Waals surface area contributed by atoms with Crippen LogP contribution in [0.2, 0.25) is 5.02 Å². The van der Waals surface area contributed by atoms with Crippen LogP contribution in [0, 0.1) is 13.8 Å². The van der Waals surface area contributed by atoms with Gasteiger partial charge in [0.05, 0.1) is 15.9 Å². The zero-order valence-electron chi connectivity index (χ0n) is 10.1. The van der Waals surface area contributed by atoms with Crippen LogP contribution in [0.25, 0.3) is 0 Å². The lowest BCUT2D eigenvalue weighted by Crippen LogP contribution is -2.13. The summed E-state index contributed by atoms with van der Waals surface area (Å²) in [7, 11) is 0. The number of carbonyl (C=O) groups excluding carboxylic acids is 1. The van der Waals surface area contributed by atoms with E-state index in [4.69, 9.17) is 11.6 Å². The summed E-state index contributed by atoms with van der Waals surface area (Å²) in [5.41, 5.74) is 2.43. The average Bonchev–Trinajstić information content (AvgIpc) is 2.57. The summed E-state index contributed by atoms with van der Waals surface area (Å²) in [6.45, 7) is 4.05. The van der Waals surface area contributed by atoms with Crippen molar-refractivity contribution in [2.75, 3.05) is 0 Å². The predicted octanol–water partition coefficient (Wildman–Crippen LogP) is 3.80. The number of hydrogen-bond acceptors (Lipinski definition) is 2.